The van der Waals surface area contributed by atoms with Crippen LogP contribution in [-0.4, -0.2) is 34.9 Å². The van der Waals surface area contributed by atoms with Crippen molar-refractivity contribution in [2.24, 2.45) is 0 Å². The van der Waals surface area contributed by atoms with Crippen LogP contribution in [0.1, 0.15) is 57.2 Å². The molecular weight excluding hydrogens is 327 g/mol. The first-order valence-electron chi connectivity index (χ1n) is 8.03. The van der Waals surface area contributed by atoms with Gasteiger partial charge in [0.05, 0.1) is 0 Å². The summed E-state index contributed by atoms with van der Waals surface area (Å²) in [6.45, 7) is 1.49. The third-order valence-electron chi connectivity index (χ3n) is 4.14. The van der Waals surface area contributed by atoms with E-state index in [-0.39, 0.29) is 0 Å². The molecule has 136 valence electrons. The van der Waals surface area contributed by atoms with Gasteiger partial charge in [-0.2, -0.15) is 18.2 Å². The first-order chi connectivity index (χ1) is 11.2. The predicted molar refractivity (Wildman–Crippen MR) is 78.0 cm³/mol. The molecule has 0 saturated heterocycles. The van der Waals surface area contributed by atoms with Crippen molar-refractivity contribution in [1.82, 2.24) is 15.5 Å². The van der Waals surface area contributed by atoms with Crippen molar-refractivity contribution in [2.45, 2.75) is 70.2 Å². The second-order valence-corrected chi connectivity index (χ2v) is 6.19. The highest BCUT2D eigenvalue weighted by atomic mass is 19.4. The van der Waals surface area contributed by atoms with Crippen LogP contribution in [0.2, 0.25) is 0 Å². The van der Waals surface area contributed by atoms with E-state index >= 15 is 0 Å². The Bertz CT molecular complexity index is 552. The highest BCUT2D eigenvalue weighted by Gasteiger charge is 2.40. The maximum absolute atomic E-state index is 12.3. The molecule has 1 amide bonds. The standard InChI is InChI=1S/C15H22F3N3O3/c1-10(23-9-15(16,17)18)12(22)20-14(7-5-3-4-6-8-14)13-19-11(2)24-21-13/h10H,3-9H2,1-2H3,(H,20,22). The summed E-state index contributed by atoms with van der Waals surface area (Å²) in [5, 5.41) is 6.75. The van der Waals surface area contributed by atoms with Gasteiger partial charge in [-0.3, -0.25) is 4.79 Å². The molecule has 1 saturated carbocycles. The molecule has 1 aliphatic carbocycles. The van der Waals surface area contributed by atoms with Gasteiger partial charge in [0.1, 0.15) is 18.2 Å². The van der Waals surface area contributed by atoms with Crippen molar-refractivity contribution in [2.75, 3.05) is 6.61 Å². The minimum atomic E-state index is -4.47. The number of nitrogens with one attached hydrogen (secondary N) is 1. The molecule has 0 aliphatic heterocycles. The van der Waals surface area contributed by atoms with Crippen LogP contribution in [0.15, 0.2) is 4.52 Å². The number of nitrogens with zero attached hydrogens (tertiary/aromatic N) is 2. The van der Waals surface area contributed by atoms with Crippen molar-refractivity contribution < 1.29 is 27.2 Å². The van der Waals surface area contributed by atoms with Crippen LogP contribution >= 0.6 is 0 Å². The predicted octanol–water partition coefficient (Wildman–Crippen LogP) is 3.01. The Hall–Kier alpha value is -1.64. The number of hydrogen-bond donors (Lipinski definition) is 1. The maximum Gasteiger partial charge on any atom is 0.411 e. The van der Waals surface area contributed by atoms with Crippen molar-refractivity contribution in [3.8, 4) is 0 Å². The fraction of sp³-hybridized carbons (Fsp3) is 0.800. The highest BCUT2D eigenvalue weighted by Crippen LogP contribution is 2.34. The third-order valence-corrected chi connectivity index (χ3v) is 4.14. The minimum absolute atomic E-state index is 0.373. The van der Waals surface area contributed by atoms with Crippen molar-refractivity contribution in [1.29, 1.82) is 0 Å². The summed E-state index contributed by atoms with van der Waals surface area (Å²) in [4.78, 5) is 16.6. The number of rotatable bonds is 5. The monoisotopic (exact) mass is 349 g/mol. The number of halogens is 3. The fourth-order valence-electron chi connectivity index (χ4n) is 2.86. The van der Waals surface area contributed by atoms with Crippen LogP contribution in [0.25, 0.3) is 0 Å². The maximum atomic E-state index is 12.3. The molecule has 6 nitrogen and oxygen atoms in total. The number of aryl methyl sites for hydroxylation is 1. The Morgan fingerprint density at radius 3 is 2.46 bits per heavy atom. The number of alkyl halides is 3. The van der Waals surface area contributed by atoms with E-state index < -0.39 is 30.3 Å². The van der Waals surface area contributed by atoms with Crippen molar-refractivity contribution in [3.63, 3.8) is 0 Å². The van der Waals surface area contributed by atoms with Gasteiger partial charge in [0.25, 0.3) is 0 Å². The molecule has 1 unspecified atom stereocenters. The highest BCUT2D eigenvalue weighted by molar-refractivity contribution is 5.81. The smallest absolute Gasteiger partial charge is 0.359 e. The molecule has 0 radical (unpaired) electrons. The number of hydrogen-bond acceptors (Lipinski definition) is 5. The van der Waals surface area contributed by atoms with E-state index in [0.29, 0.717) is 24.6 Å². The zero-order valence-corrected chi connectivity index (χ0v) is 13.8. The lowest BCUT2D eigenvalue weighted by molar-refractivity contribution is -0.186. The average molecular weight is 349 g/mol. The SMILES string of the molecule is Cc1nc(C2(NC(=O)C(C)OCC(F)(F)F)CCCCCC2)no1. The molecule has 1 aromatic rings. The zero-order valence-electron chi connectivity index (χ0n) is 13.8. The number of carbonyl (C=O) groups excluding carboxylic acids is 1. The van der Waals surface area contributed by atoms with Gasteiger partial charge < -0.3 is 14.6 Å². The Labute approximate surface area is 138 Å². The molecule has 1 atom stereocenters. The average Bonchev–Trinajstić information content (AvgIpc) is 2.80. The molecule has 1 aromatic heterocycles. The van der Waals surface area contributed by atoms with E-state index in [2.05, 4.69) is 20.2 Å². The van der Waals surface area contributed by atoms with E-state index in [1.54, 1.807) is 6.92 Å². The van der Waals surface area contributed by atoms with Gasteiger partial charge in [-0.15, -0.1) is 0 Å². The van der Waals surface area contributed by atoms with Crippen LogP contribution in [0.4, 0.5) is 13.2 Å². The third kappa shape index (κ3) is 4.93. The van der Waals surface area contributed by atoms with Crippen molar-refractivity contribution >= 4 is 5.91 Å². The lowest BCUT2D eigenvalue weighted by Crippen LogP contribution is -2.50. The zero-order chi connectivity index (χ0) is 17.8. The quantitative estimate of drug-likeness (QED) is 0.827. The Balaban J connectivity index is 2.11. The first kappa shape index (κ1) is 18.7. The lowest BCUT2D eigenvalue weighted by atomic mass is 9.89. The molecule has 1 N–H and O–H groups in total. The van der Waals surface area contributed by atoms with E-state index in [1.807, 2.05) is 0 Å². The van der Waals surface area contributed by atoms with E-state index in [0.717, 1.165) is 25.7 Å². The topological polar surface area (TPSA) is 77.2 Å². The van der Waals surface area contributed by atoms with Crippen LogP contribution in [0, 0.1) is 6.92 Å². The lowest BCUT2D eigenvalue weighted by Gasteiger charge is -2.32. The summed E-state index contributed by atoms with van der Waals surface area (Å²) >= 11 is 0. The molecule has 24 heavy (non-hydrogen) atoms. The second kappa shape index (κ2) is 7.50. The molecular formula is C15H22F3N3O3. The molecule has 1 aliphatic rings. The van der Waals surface area contributed by atoms with Gasteiger partial charge in [0.2, 0.25) is 11.8 Å². The molecule has 0 bridgehead atoms. The minimum Gasteiger partial charge on any atom is -0.359 e. The molecule has 1 fully saturated rings. The van der Waals surface area contributed by atoms with E-state index in [4.69, 9.17) is 4.52 Å². The Morgan fingerprint density at radius 1 is 1.33 bits per heavy atom. The summed E-state index contributed by atoms with van der Waals surface area (Å²) in [5.74, 6) is 0.145. The summed E-state index contributed by atoms with van der Waals surface area (Å²) < 4.78 is 46.4. The normalized spacial score (nSPS) is 19.5. The van der Waals surface area contributed by atoms with E-state index in [1.165, 1.54) is 6.92 Å². The van der Waals surface area contributed by atoms with Crippen LogP contribution in [0.3, 0.4) is 0 Å². The van der Waals surface area contributed by atoms with Gasteiger partial charge in [-0.1, -0.05) is 30.8 Å². The molecule has 2 rings (SSSR count). The van der Waals surface area contributed by atoms with Gasteiger partial charge in [-0.25, -0.2) is 0 Å². The molecule has 0 spiro atoms. The summed E-state index contributed by atoms with van der Waals surface area (Å²) in [5.41, 5.74) is -0.818. The summed E-state index contributed by atoms with van der Waals surface area (Å²) in [6, 6.07) is 0. The molecule has 9 heteroatoms. The summed E-state index contributed by atoms with van der Waals surface area (Å²) in [6.07, 6.45) is -0.688. The number of ether oxygens (including phenoxy) is 1. The largest absolute Gasteiger partial charge is 0.411 e. The van der Waals surface area contributed by atoms with Crippen LogP contribution in [-0.2, 0) is 15.1 Å². The van der Waals surface area contributed by atoms with Crippen LogP contribution < -0.4 is 5.32 Å². The molecule has 0 aromatic carbocycles. The van der Waals surface area contributed by atoms with Gasteiger partial charge in [0.15, 0.2) is 5.82 Å². The summed E-state index contributed by atoms with van der Waals surface area (Å²) in [7, 11) is 0. The first-order valence-corrected chi connectivity index (χ1v) is 8.03. The van der Waals surface area contributed by atoms with Crippen LogP contribution in [0.5, 0.6) is 0 Å². The molecule has 1 heterocycles. The van der Waals surface area contributed by atoms with E-state index in [9.17, 15) is 18.0 Å². The fourth-order valence-corrected chi connectivity index (χ4v) is 2.86. The number of carbonyl (C=O) groups is 1. The van der Waals surface area contributed by atoms with Gasteiger partial charge >= 0.3 is 6.18 Å². The number of amides is 1. The number of aromatic nitrogens is 2. The second-order valence-electron chi connectivity index (χ2n) is 6.19. The Morgan fingerprint density at radius 2 is 1.96 bits per heavy atom. The van der Waals surface area contributed by atoms with Crippen molar-refractivity contribution in [3.05, 3.63) is 11.7 Å². The van der Waals surface area contributed by atoms with Gasteiger partial charge in [0, 0.05) is 6.92 Å². The Kier molecular flexibility index (Phi) is 5.84. The van der Waals surface area contributed by atoms with Gasteiger partial charge in [-0.05, 0) is 19.8 Å².